The number of hydrogen-bond donors (Lipinski definition) is 1. The zero-order valence-electron chi connectivity index (χ0n) is 12.2. The van der Waals surface area contributed by atoms with Crippen LogP contribution in [0.3, 0.4) is 0 Å². The average molecular weight is 337 g/mol. The summed E-state index contributed by atoms with van der Waals surface area (Å²) in [5, 5.41) is 0. The summed E-state index contributed by atoms with van der Waals surface area (Å²) in [5.74, 6) is 0.0437. The fraction of sp³-hybridized carbons (Fsp3) is 0.438. The maximum Gasteiger partial charge on any atom is 0.254 e. The molecule has 0 spiro atoms. The third-order valence-corrected chi connectivity index (χ3v) is 4.08. The van der Waals surface area contributed by atoms with Crippen LogP contribution in [0.5, 0.6) is 0 Å². The summed E-state index contributed by atoms with van der Waals surface area (Å²) in [6.45, 7) is 8.09. The number of halogens is 1. The zero-order valence-corrected chi connectivity index (χ0v) is 13.8. The topological polar surface area (TPSA) is 46.3 Å². The molecule has 0 aromatic heterocycles. The van der Waals surface area contributed by atoms with Crippen LogP contribution in [-0.4, -0.2) is 23.9 Å². The molecular formula is C16H21BrN2O. The molecule has 4 heteroatoms. The normalized spacial score (nSPS) is 16.0. The van der Waals surface area contributed by atoms with Crippen LogP contribution in [0.25, 0.3) is 0 Å². The van der Waals surface area contributed by atoms with E-state index in [1.54, 1.807) is 12.1 Å². The van der Waals surface area contributed by atoms with Crippen molar-refractivity contribution in [1.29, 1.82) is 0 Å². The lowest BCUT2D eigenvalue weighted by Crippen LogP contribution is -2.36. The van der Waals surface area contributed by atoms with E-state index in [0.717, 1.165) is 17.4 Å². The summed E-state index contributed by atoms with van der Waals surface area (Å²) in [5.41, 5.74) is 8.65. The van der Waals surface area contributed by atoms with Crippen LogP contribution in [0.1, 0.15) is 37.6 Å². The third kappa shape index (κ3) is 3.42. The van der Waals surface area contributed by atoms with Gasteiger partial charge >= 0.3 is 0 Å². The fourth-order valence-corrected chi connectivity index (χ4v) is 2.96. The van der Waals surface area contributed by atoms with Gasteiger partial charge in [0.25, 0.3) is 5.91 Å². The molecule has 1 amide bonds. The molecule has 0 bridgehead atoms. The van der Waals surface area contributed by atoms with Gasteiger partial charge in [-0.05, 0) is 30.0 Å². The fourth-order valence-electron chi connectivity index (χ4n) is 2.45. The summed E-state index contributed by atoms with van der Waals surface area (Å²) >= 11 is 3.38. The molecular weight excluding hydrogens is 316 g/mol. The number of carbonyl (C=O) groups excluding carboxylic acids is 1. The molecule has 0 aliphatic carbocycles. The van der Waals surface area contributed by atoms with Gasteiger partial charge in [-0.15, -0.1) is 0 Å². The molecule has 1 aliphatic rings. The Hall–Kier alpha value is -1.29. The Bertz CT molecular complexity index is 538. The number of nitrogens with zero attached hydrogens (tertiary/aromatic N) is 1. The Morgan fingerprint density at radius 3 is 2.50 bits per heavy atom. The Labute approximate surface area is 129 Å². The minimum absolute atomic E-state index is 0.0437. The molecule has 20 heavy (non-hydrogen) atoms. The van der Waals surface area contributed by atoms with E-state index >= 15 is 0 Å². The van der Waals surface area contributed by atoms with E-state index in [2.05, 4.69) is 42.8 Å². The molecule has 0 atom stereocenters. The standard InChI is InChI=1S/C16H21BrN2O/c1-16(2,3)12-4-6-19(7-5-12)15(20)11-8-13(17)10-14(18)9-11/h4,8-10H,5-7,18H2,1-3H3. The van der Waals surface area contributed by atoms with Gasteiger partial charge in [0.2, 0.25) is 0 Å². The predicted octanol–water partition coefficient (Wildman–Crippen LogP) is 3.85. The van der Waals surface area contributed by atoms with Crippen molar-refractivity contribution in [3.8, 4) is 0 Å². The van der Waals surface area contributed by atoms with Crippen molar-refractivity contribution in [3.05, 3.63) is 39.9 Å². The quantitative estimate of drug-likeness (QED) is 0.625. The number of anilines is 1. The molecule has 0 radical (unpaired) electrons. The second-order valence-corrected chi connectivity index (χ2v) is 7.17. The molecule has 0 unspecified atom stereocenters. The van der Waals surface area contributed by atoms with Crippen molar-refractivity contribution < 1.29 is 4.79 Å². The second-order valence-electron chi connectivity index (χ2n) is 6.25. The Balaban J connectivity index is 2.14. The van der Waals surface area contributed by atoms with E-state index in [4.69, 9.17) is 5.73 Å². The minimum atomic E-state index is 0.0437. The molecule has 108 valence electrons. The average Bonchev–Trinajstić information content (AvgIpc) is 2.36. The van der Waals surface area contributed by atoms with Gasteiger partial charge in [-0.1, -0.05) is 48.4 Å². The highest BCUT2D eigenvalue weighted by atomic mass is 79.9. The van der Waals surface area contributed by atoms with Gasteiger partial charge in [-0.2, -0.15) is 0 Å². The number of hydrogen-bond acceptors (Lipinski definition) is 2. The van der Waals surface area contributed by atoms with Crippen LogP contribution in [0.2, 0.25) is 0 Å². The first-order valence-electron chi connectivity index (χ1n) is 6.82. The summed E-state index contributed by atoms with van der Waals surface area (Å²) in [7, 11) is 0. The Morgan fingerprint density at radius 2 is 2.00 bits per heavy atom. The maximum atomic E-state index is 12.5. The molecule has 1 heterocycles. The molecule has 0 fully saturated rings. The van der Waals surface area contributed by atoms with Gasteiger partial charge in [0.05, 0.1) is 0 Å². The Kier molecular flexibility index (Phi) is 4.23. The minimum Gasteiger partial charge on any atom is -0.399 e. The lowest BCUT2D eigenvalue weighted by molar-refractivity contribution is 0.0765. The van der Waals surface area contributed by atoms with Crippen LogP contribution in [-0.2, 0) is 0 Å². The largest absolute Gasteiger partial charge is 0.399 e. The number of nitrogens with two attached hydrogens (primary N) is 1. The van der Waals surface area contributed by atoms with Crippen molar-refractivity contribution in [1.82, 2.24) is 4.90 Å². The van der Waals surface area contributed by atoms with E-state index in [1.807, 2.05) is 11.0 Å². The van der Waals surface area contributed by atoms with Crippen LogP contribution < -0.4 is 5.73 Å². The highest BCUT2D eigenvalue weighted by molar-refractivity contribution is 9.10. The van der Waals surface area contributed by atoms with E-state index in [-0.39, 0.29) is 11.3 Å². The maximum absolute atomic E-state index is 12.5. The number of rotatable bonds is 1. The van der Waals surface area contributed by atoms with Gasteiger partial charge in [0, 0.05) is 28.8 Å². The van der Waals surface area contributed by atoms with Crippen molar-refractivity contribution in [3.63, 3.8) is 0 Å². The first-order chi connectivity index (χ1) is 9.27. The number of benzene rings is 1. The summed E-state index contributed by atoms with van der Waals surface area (Å²) in [6, 6.07) is 5.35. The smallest absolute Gasteiger partial charge is 0.254 e. The first-order valence-corrected chi connectivity index (χ1v) is 7.61. The van der Waals surface area contributed by atoms with E-state index in [1.165, 1.54) is 5.57 Å². The van der Waals surface area contributed by atoms with Gasteiger partial charge in [0.1, 0.15) is 0 Å². The first kappa shape index (κ1) is 15.1. The van der Waals surface area contributed by atoms with Gasteiger partial charge in [-0.25, -0.2) is 0 Å². The monoisotopic (exact) mass is 336 g/mol. The zero-order chi connectivity index (χ0) is 14.9. The number of nitrogen functional groups attached to an aromatic ring is 1. The molecule has 3 nitrogen and oxygen atoms in total. The van der Waals surface area contributed by atoms with Gasteiger partial charge < -0.3 is 10.6 Å². The second kappa shape index (κ2) is 5.60. The van der Waals surface area contributed by atoms with Crippen molar-refractivity contribution in [2.45, 2.75) is 27.2 Å². The molecule has 2 N–H and O–H groups in total. The van der Waals surface area contributed by atoms with Crippen LogP contribution in [0.15, 0.2) is 34.3 Å². The summed E-state index contributed by atoms with van der Waals surface area (Å²) in [4.78, 5) is 14.4. The predicted molar refractivity (Wildman–Crippen MR) is 86.6 cm³/mol. The van der Waals surface area contributed by atoms with E-state index in [0.29, 0.717) is 17.8 Å². The molecule has 0 saturated heterocycles. The van der Waals surface area contributed by atoms with Crippen molar-refractivity contribution in [2.24, 2.45) is 5.41 Å². The Morgan fingerprint density at radius 1 is 1.30 bits per heavy atom. The molecule has 0 saturated carbocycles. The number of carbonyl (C=O) groups is 1. The lowest BCUT2D eigenvalue weighted by atomic mass is 9.83. The van der Waals surface area contributed by atoms with Crippen molar-refractivity contribution in [2.75, 3.05) is 18.8 Å². The number of amides is 1. The van der Waals surface area contributed by atoms with Crippen LogP contribution in [0, 0.1) is 5.41 Å². The summed E-state index contributed by atoms with van der Waals surface area (Å²) < 4.78 is 0.837. The molecule has 1 aromatic carbocycles. The van der Waals surface area contributed by atoms with Gasteiger partial charge in [-0.3, -0.25) is 4.79 Å². The van der Waals surface area contributed by atoms with Gasteiger partial charge in [0.15, 0.2) is 0 Å². The third-order valence-electron chi connectivity index (χ3n) is 3.63. The van der Waals surface area contributed by atoms with E-state index in [9.17, 15) is 4.79 Å². The summed E-state index contributed by atoms with van der Waals surface area (Å²) in [6.07, 6.45) is 3.13. The van der Waals surface area contributed by atoms with Crippen molar-refractivity contribution >= 4 is 27.5 Å². The molecule has 1 aliphatic heterocycles. The molecule has 2 rings (SSSR count). The molecule has 1 aromatic rings. The SMILES string of the molecule is CC(C)(C)C1=CCN(C(=O)c2cc(N)cc(Br)c2)CC1. The lowest BCUT2D eigenvalue weighted by Gasteiger charge is -2.32. The highest BCUT2D eigenvalue weighted by Gasteiger charge is 2.24. The van der Waals surface area contributed by atoms with Crippen LogP contribution in [0.4, 0.5) is 5.69 Å². The van der Waals surface area contributed by atoms with E-state index < -0.39 is 0 Å². The van der Waals surface area contributed by atoms with Crippen LogP contribution >= 0.6 is 15.9 Å². The highest BCUT2D eigenvalue weighted by Crippen LogP contribution is 2.30.